The molecule has 32 heavy (non-hydrogen) atoms. The number of rotatable bonds is 2. The van der Waals surface area contributed by atoms with Crippen molar-refractivity contribution < 1.29 is 0 Å². The van der Waals surface area contributed by atoms with Crippen LogP contribution in [0.15, 0.2) is 75.3 Å². The van der Waals surface area contributed by atoms with Gasteiger partial charge in [-0.15, -0.1) is 11.3 Å². The number of aryl methyl sites for hydroxylation is 1. The van der Waals surface area contributed by atoms with E-state index in [1.807, 2.05) is 22.8 Å². The standard InChI is InChI=1S/C25H16Cl2N2OS2/c26-16-9-7-15(19(27)13-16)12-21-24(30)29-23(20-6-3-11-31-20)18-10-8-14-4-1-2-5-17(14)22(18)28-25(29)32-21/h1-7,9,11-13,23H,8,10H2/b21-12-/t23-/m0/s1. The Morgan fingerprint density at radius 1 is 1.06 bits per heavy atom. The number of benzene rings is 2. The van der Waals surface area contributed by atoms with Crippen LogP contribution in [0.4, 0.5) is 0 Å². The molecule has 3 nitrogen and oxygen atoms in total. The number of hydrogen-bond donors (Lipinski definition) is 0. The molecule has 4 aromatic rings. The summed E-state index contributed by atoms with van der Waals surface area (Å²) in [6.07, 6.45) is 3.69. The van der Waals surface area contributed by atoms with Crippen LogP contribution in [0.3, 0.4) is 0 Å². The van der Waals surface area contributed by atoms with Crippen LogP contribution in [-0.4, -0.2) is 4.57 Å². The van der Waals surface area contributed by atoms with Crippen LogP contribution in [0.5, 0.6) is 0 Å². The van der Waals surface area contributed by atoms with Gasteiger partial charge in [-0.2, -0.15) is 0 Å². The molecule has 1 aliphatic heterocycles. The van der Waals surface area contributed by atoms with Gasteiger partial charge in [-0.3, -0.25) is 9.36 Å². The normalized spacial score (nSPS) is 17.6. The molecule has 7 heteroatoms. The summed E-state index contributed by atoms with van der Waals surface area (Å²) in [6.45, 7) is 0. The molecule has 0 radical (unpaired) electrons. The Morgan fingerprint density at radius 3 is 2.75 bits per heavy atom. The molecule has 0 bridgehead atoms. The highest BCUT2D eigenvalue weighted by Gasteiger charge is 2.32. The lowest BCUT2D eigenvalue weighted by molar-refractivity contribution is 0.593. The minimum absolute atomic E-state index is 0.0384. The fraction of sp³-hybridized carbons (Fsp3) is 0.120. The molecule has 6 rings (SSSR count). The van der Waals surface area contributed by atoms with Gasteiger partial charge in [-0.25, -0.2) is 4.99 Å². The minimum Gasteiger partial charge on any atom is -0.271 e. The van der Waals surface area contributed by atoms with Gasteiger partial charge >= 0.3 is 0 Å². The van der Waals surface area contributed by atoms with E-state index in [1.54, 1.807) is 23.5 Å². The second-order valence-electron chi connectivity index (χ2n) is 7.79. The summed E-state index contributed by atoms with van der Waals surface area (Å²) >= 11 is 15.5. The zero-order chi connectivity index (χ0) is 21.8. The quantitative estimate of drug-likeness (QED) is 0.352. The number of halogens is 2. The van der Waals surface area contributed by atoms with E-state index >= 15 is 0 Å². The molecular formula is C25H16Cl2N2OS2. The number of thiophene rings is 1. The Bertz CT molecular complexity index is 1580. The Hall–Kier alpha value is -2.44. The van der Waals surface area contributed by atoms with E-state index in [0.29, 0.717) is 14.6 Å². The molecule has 0 amide bonds. The summed E-state index contributed by atoms with van der Waals surface area (Å²) in [5, 5.41) is 3.15. The lowest BCUT2D eigenvalue weighted by Gasteiger charge is -2.30. The van der Waals surface area contributed by atoms with Gasteiger partial charge in [-0.05, 0) is 59.2 Å². The Morgan fingerprint density at radius 2 is 1.94 bits per heavy atom. The lowest BCUT2D eigenvalue weighted by Crippen LogP contribution is -2.38. The number of aromatic nitrogens is 1. The Kier molecular flexibility index (Phi) is 4.95. The lowest BCUT2D eigenvalue weighted by atomic mass is 9.85. The number of nitrogens with zero attached hydrogens (tertiary/aromatic N) is 2. The maximum absolute atomic E-state index is 13.6. The van der Waals surface area contributed by atoms with Crippen molar-refractivity contribution in [1.82, 2.24) is 4.57 Å². The summed E-state index contributed by atoms with van der Waals surface area (Å²) in [6, 6.07) is 17.8. The second kappa shape index (κ2) is 7.85. The third kappa shape index (κ3) is 3.23. The van der Waals surface area contributed by atoms with Crippen molar-refractivity contribution in [3.8, 4) is 0 Å². The van der Waals surface area contributed by atoms with Crippen LogP contribution in [0.2, 0.25) is 10.0 Å². The van der Waals surface area contributed by atoms with E-state index in [4.69, 9.17) is 28.2 Å². The molecule has 3 heterocycles. The molecule has 1 aliphatic carbocycles. The first-order chi connectivity index (χ1) is 15.6. The van der Waals surface area contributed by atoms with Crippen molar-refractivity contribution >= 4 is 57.6 Å². The maximum Gasteiger partial charge on any atom is 0.271 e. The van der Waals surface area contributed by atoms with Crippen molar-refractivity contribution in [1.29, 1.82) is 0 Å². The average Bonchev–Trinajstić information content (AvgIpc) is 3.43. The molecular weight excluding hydrogens is 479 g/mol. The highest BCUT2D eigenvalue weighted by atomic mass is 35.5. The number of fused-ring (bicyclic) bond motifs is 3. The number of hydrogen-bond acceptors (Lipinski definition) is 4. The van der Waals surface area contributed by atoms with Gasteiger partial charge in [-0.1, -0.05) is 70.9 Å². The zero-order valence-corrected chi connectivity index (χ0v) is 19.9. The molecule has 158 valence electrons. The summed E-state index contributed by atoms with van der Waals surface area (Å²) in [4.78, 5) is 20.5. The monoisotopic (exact) mass is 494 g/mol. The molecule has 0 spiro atoms. The van der Waals surface area contributed by atoms with E-state index in [2.05, 4.69) is 35.7 Å². The van der Waals surface area contributed by atoms with Crippen molar-refractivity contribution in [2.45, 2.75) is 18.9 Å². The molecule has 0 saturated heterocycles. The average molecular weight is 495 g/mol. The largest absolute Gasteiger partial charge is 0.271 e. The first-order valence-electron chi connectivity index (χ1n) is 10.2. The van der Waals surface area contributed by atoms with Crippen LogP contribution >= 0.6 is 45.9 Å². The van der Waals surface area contributed by atoms with Crippen LogP contribution < -0.4 is 14.9 Å². The highest BCUT2D eigenvalue weighted by molar-refractivity contribution is 7.10. The van der Waals surface area contributed by atoms with Gasteiger partial charge in [0.05, 0.1) is 16.3 Å². The smallest absolute Gasteiger partial charge is 0.271 e. The van der Waals surface area contributed by atoms with Crippen molar-refractivity contribution in [2.24, 2.45) is 4.99 Å². The molecule has 0 unspecified atom stereocenters. The van der Waals surface area contributed by atoms with Crippen molar-refractivity contribution in [3.05, 3.63) is 117 Å². The fourth-order valence-electron chi connectivity index (χ4n) is 4.48. The predicted molar refractivity (Wildman–Crippen MR) is 134 cm³/mol. The maximum atomic E-state index is 13.6. The van der Waals surface area contributed by atoms with Crippen molar-refractivity contribution in [3.63, 3.8) is 0 Å². The van der Waals surface area contributed by atoms with Gasteiger partial charge in [0.25, 0.3) is 5.56 Å². The van der Waals surface area contributed by atoms with Gasteiger partial charge in [0.15, 0.2) is 4.80 Å². The van der Waals surface area contributed by atoms with Gasteiger partial charge in [0, 0.05) is 20.5 Å². The molecule has 2 aliphatic rings. The number of allylic oxidation sites excluding steroid dienone is 1. The molecule has 2 aromatic heterocycles. The van der Waals surface area contributed by atoms with Crippen LogP contribution in [-0.2, 0) is 6.42 Å². The molecule has 0 saturated carbocycles. The van der Waals surface area contributed by atoms with E-state index in [-0.39, 0.29) is 11.6 Å². The highest BCUT2D eigenvalue weighted by Crippen LogP contribution is 2.42. The minimum atomic E-state index is -0.127. The molecule has 1 atom stereocenters. The third-order valence-electron chi connectivity index (χ3n) is 5.93. The summed E-state index contributed by atoms with van der Waals surface area (Å²) < 4.78 is 2.47. The second-order valence-corrected chi connectivity index (χ2v) is 10.6. The third-order valence-corrected chi connectivity index (χ3v) is 8.40. The van der Waals surface area contributed by atoms with Crippen LogP contribution in [0, 0.1) is 0 Å². The molecule has 0 fully saturated rings. The summed E-state index contributed by atoms with van der Waals surface area (Å²) in [5.74, 6) is 0. The van der Waals surface area contributed by atoms with Gasteiger partial charge in [0.1, 0.15) is 0 Å². The first kappa shape index (κ1) is 20.2. The van der Waals surface area contributed by atoms with E-state index < -0.39 is 0 Å². The van der Waals surface area contributed by atoms with Crippen LogP contribution in [0.25, 0.3) is 11.8 Å². The predicted octanol–water partition coefficient (Wildman–Crippen LogP) is 5.69. The van der Waals surface area contributed by atoms with Crippen LogP contribution in [0.1, 0.15) is 34.0 Å². The summed E-state index contributed by atoms with van der Waals surface area (Å²) in [7, 11) is 0. The van der Waals surface area contributed by atoms with E-state index in [0.717, 1.165) is 33.8 Å². The molecule has 2 aromatic carbocycles. The van der Waals surface area contributed by atoms with E-state index in [9.17, 15) is 4.79 Å². The Labute approximate surface area is 202 Å². The summed E-state index contributed by atoms with van der Waals surface area (Å²) in [5.41, 5.74) is 5.45. The van der Waals surface area contributed by atoms with Gasteiger partial charge in [0.2, 0.25) is 0 Å². The molecule has 0 N–H and O–H groups in total. The SMILES string of the molecule is O=c1/c(=C/c2ccc(Cl)cc2Cl)sc2n1[C@H](c1cccs1)C1=C(N=2)c2ccccc2CC1. The topological polar surface area (TPSA) is 34.4 Å². The van der Waals surface area contributed by atoms with E-state index in [1.165, 1.54) is 28.0 Å². The Balaban J connectivity index is 1.62. The fourth-order valence-corrected chi connectivity index (χ4v) is 6.78. The number of thiazole rings is 1. The zero-order valence-electron chi connectivity index (χ0n) is 16.7. The van der Waals surface area contributed by atoms with Gasteiger partial charge < -0.3 is 0 Å². The first-order valence-corrected chi connectivity index (χ1v) is 12.7. The van der Waals surface area contributed by atoms with Crippen molar-refractivity contribution in [2.75, 3.05) is 0 Å².